The summed E-state index contributed by atoms with van der Waals surface area (Å²) in [5.41, 5.74) is 1.02. The minimum Gasteiger partial charge on any atom is -0.290 e. The van der Waals surface area contributed by atoms with Crippen molar-refractivity contribution in [2.45, 2.75) is 19.0 Å². The van der Waals surface area contributed by atoms with E-state index in [4.69, 9.17) is 0 Å². The van der Waals surface area contributed by atoms with Gasteiger partial charge < -0.3 is 0 Å². The molecule has 1 aliphatic rings. The zero-order valence-electron chi connectivity index (χ0n) is 5.84. The van der Waals surface area contributed by atoms with Crippen molar-refractivity contribution >= 4 is 17.1 Å². The first-order valence-electron chi connectivity index (χ1n) is 3.53. The number of carbonyl (C=O) groups is 1. The molecule has 0 bridgehead atoms. The minimum atomic E-state index is -1.25. The molecule has 1 aliphatic carbocycles. The summed E-state index contributed by atoms with van der Waals surface area (Å²) in [6, 6.07) is 1.91. The quantitative estimate of drug-likeness (QED) is 0.583. The summed E-state index contributed by atoms with van der Waals surface area (Å²) in [5.74, 6) is -0.318. The standard InChI is InChI=1S/C8H7FOS/c9-6-2-1-5-3-4-11-8(5)7(6)10/h3-4,6H,1-2H2/t6-/m0/s1. The van der Waals surface area contributed by atoms with Crippen LogP contribution in [-0.2, 0) is 6.42 Å². The van der Waals surface area contributed by atoms with Crippen molar-refractivity contribution in [3.8, 4) is 0 Å². The first-order valence-corrected chi connectivity index (χ1v) is 4.41. The van der Waals surface area contributed by atoms with Gasteiger partial charge in [-0.2, -0.15) is 0 Å². The Morgan fingerprint density at radius 3 is 3.27 bits per heavy atom. The molecule has 1 heterocycles. The van der Waals surface area contributed by atoms with Gasteiger partial charge in [-0.15, -0.1) is 11.3 Å². The van der Waals surface area contributed by atoms with Crippen LogP contribution in [0.3, 0.4) is 0 Å². The SMILES string of the molecule is O=C1c2sccc2CC[C@@H]1F. The van der Waals surface area contributed by atoms with E-state index in [0.717, 1.165) is 5.56 Å². The second-order valence-electron chi connectivity index (χ2n) is 2.65. The van der Waals surface area contributed by atoms with Crippen LogP contribution in [-0.4, -0.2) is 12.0 Å². The summed E-state index contributed by atoms with van der Waals surface area (Å²) in [7, 11) is 0. The monoisotopic (exact) mass is 170 g/mol. The highest BCUT2D eigenvalue weighted by Crippen LogP contribution is 2.27. The van der Waals surface area contributed by atoms with E-state index in [2.05, 4.69) is 0 Å². The van der Waals surface area contributed by atoms with Gasteiger partial charge in [0.1, 0.15) is 0 Å². The molecule has 11 heavy (non-hydrogen) atoms. The fraction of sp³-hybridized carbons (Fsp3) is 0.375. The number of fused-ring (bicyclic) bond motifs is 1. The summed E-state index contributed by atoms with van der Waals surface area (Å²) in [4.78, 5) is 11.7. The zero-order chi connectivity index (χ0) is 7.84. The van der Waals surface area contributed by atoms with Crippen LogP contribution in [0.4, 0.5) is 4.39 Å². The van der Waals surface area contributed by atoms with Crippen molar-refractivity contribution in [1.29, 1.82) is 0 Å². The van der Waals surface area contributed by atoms with Gasteiger partial charge in [0.25, 0.3) is 0 Å². The lowest BCUT2D eigenvalue weighted by Crippen LogP contribution is -2.21. The molecule has 0 amide bonds. The Morgan fingerprint density at radius 1 is 1.64 bits per heavy atom. The molecule has 2 rings (SSSR count). The molecule has 1 atom stereocenters. The van der Waals surface area contributed by atoms with Crippen LogP contribution in [0.15, 0.2) is 11.4 Å². The van der Waals surface area contributed by atoms with Crippen LogP contribution < -0.4 is 0 Å². The van der Waals surface area contributed by atoms with Gasteiger partial charge in [-0.1, -0.05) is 0 Å². The Labute approximate surface area is 67.9 Å². The molecule has 0 aromatic carbocycles. The van der Waals surface area contributed by atoms with E-state index >= 15 is 0 Å². The third-order valence-electron chi connectivity index (χ3n) is 1.92. The van der Waals surface area contributed by atoms with E-state index in [0.29, 0.717) is 17.7 Å². The number of thiophene rings is 1. The number of carbonyl (C=O) groups excluding carboxylic acids is 1. The van der Waals surface area contributed by atoms with Crippen LogP contribution in [0.5, 0.6) is 0 Å². The third kappa shape index (κ3) is 0.997. The maximum Gasteiger partial charge on any atom is 0.207 e. The van der Waals surface area contributed by atoms with Gasteiger partial charge in [-0.05, 0) is 29.9 Å². The fourth-order valence-corrected chi connectivity index (χ4v) is 2.24. The van der Waals surface area contributed by atoms with Crippen molar-refractivity contribution in [2.75, 3.05) is 0 Å². The lowest BCUT2D eigenvalue weighted by Gasteiger charge is -2.12. The Balaban J connectivity index is 2.46. The maximum absolute atomic E-state index is 12.8. The number of halogens is 1. The predicted molar refractivity (Wildman–Crippen MR) is 41.9 cm³/mol. The predicted octanol–water partition coefficient (Wildman–Crippen LogP) is 2.22. The highest BCUT2D eigenvalue weighted by atomic mass is 32.1. The molecule has 58 valence electrons. The van der Waals surface area contributed by atoms with E-state index in [1.54, 1.807) is 0 Å². The van der Waals surface area contributed by atoms with Gasteiger partial charge in [0.05, 0.1) is 4.88 Å². The summed E-state index contributed by atoms with van der Waals surface area (Å²) in [5, 5.41) is 1.85. The number of ketones is 1. The van der Waals surface area contributed by atoms with Crippen molar-refractivity contribution in [3.05, 3.63) is 21.9 Å². The summed E-state index contributed by atoms with van der Waals surface area (Å²) < 4.78 is 12.8. The molecule has 3 heteroatoms. The van der Waals surface area contributed by atoms with Gasteiger partial charge in [-0.3, -0.25) is 4.79 Å². The maximum atomic E-state index is 12.8. The number of Topliss-reactive ketones (excluding diaryl/α,β-unsaturated/α-hetero) is 1. The molecule has 0 spiro atoms. The highest BCUT2D eigenvalue weighted by Gasteiger charge is 2.27. The van der Waals surface area contributed by atoms with Crippen LogP contribution >= 0.6 is 11.3 Å². The number of rotatable bonds is 0. The molecule has 0 N–H and O–H groups in total. The number of aryl methyl sites for hydroxylation is 1. The van der Waals surface area contributed by atoms with Gasteiger partial charge in [0, 0.05) is 0 Å². The topological polar surface area (TPSA) is 17.1 Å². The van der Waals surface area contributed by atoms with E-state index < -0.39 is 6.17 Å². The number of hydrogen-bond donors (Lipinski definition) is 0. The van der Waals surface area contributed by atoms with Gasteiger partial charge in [-0.25, -0.2) is 4.39 Å². The Kier molecular flexibility index (Phi) is 1.53. The molecular weight excluding hydrogens is 163 g/mol. The van der Waals surface area contributed by atoms with E-state index in [1.165, 1.54) is 11.3 Å². The molecule has 1 nitrogen and oxygen atoms in total. The smallest absolute Gasteiger partial charge is 0.207 e. The normalized spacial score (nSPS) is 23.4. The second kappa shape index (κ2) is 2.41. The van der Waals surface area contributed by atoms with Crippen molar-refractivity contribution in [3.63, 3.8) is 0 Å². The van der Waals surface area contributed by atoms with Gasteiger partial charge in [0.2, 0.25) is 5.78 Å². The molecular formula is C8H7FOS. The molecule has 0 saturated heterocycles. The second-order valence-corrected chi connectivity index (χ2v) is 3.56. The molecule has 1 aromatic heterocycles. The van der Waals surface area contributed by atoms with Crippen molar-refractivity contribution < 1.29 is 9.18 Å². The first-order chi connectivity index (χ1) is 5.29. The van der Waals surface area contributed by atoms with Crippen molar-refractivity contribution in [1.82, 2.24) is 0 Å². The van der Waals surface area contributed by atoms with E-state index in [1.807, 2.05) is 11.4 Å². The zero-order valence-corrected chi connectivity index (χ0v) is 6.66. The molecule has 0 aliphatic heterocycles. The molecule has 0 radical (unpaired) electrons. The average molecular weight is 170 g/mol. The molecule has 0 unspecified atom stereocenters. The summed E-state index contributed by atoms with van der Waals surface area (Å²) >= 11 is 1.35. The van der Waals surface area contributed by atoms with Gasteiger partial charge in [0.15, 0.2) is 6.17 Å². The van der Waals surface area contributed by atoms with Crippen LogP contribution in [0.1, 0.15) is 21.7 Å². The third-order valence-corrected chi connectivity index (χ3v) is 2.89. The summed E-state index contributed by atoms with van der Waals surface area (Å²) in [6.45, 7) is 0. The lowest BCUT2D eigenvalue weighted by molar-refractivity contribution is 0.0861. The summed E-state index contributed by atoms with van der Waals surface area (Å²) in [6.07, 6.45) is -0.171. The average Bonchev–Trinajstić information content (AvgIpc) is 2.45. The van der Waals surface area contributed by atoms with E-state index in [9.17, 15) is 9.18 Å². The highest BCUT2D eigenvalue weighted by molar-refractivity contribution is 7.12. The fourth-order valence-electron chi connectivity index (χ4n) is 1.30. The van der Waals surface area contributed by atoms with Crippen LogP contribution in [0, 0.1) is 0 Å². The van der Waals surface area contributed by atoms with Crippen LogP contribution in [0.2, 0.25) is 0 Å². The Morgan fingerprint density at radius 2 is 2.45 bits per heavy atom. The van der Waals surface area contributed by atoms with Crippen LogP contribution in [0.25, 0.3) is 0 Å². The molecule has 0 saturated carbocycles. The number of hydrogen-bond acceptors (Lipinski definition) is 2. The van der Waals surface area contributed by atoms with E-state index in [-0.39, 0.29) is 5.78 Å². The number of alkyl halides is 1. The van der Waals surface area contributed by atoms with Crippen molar-refractivity contribution in [2.24, 2.45) is 0 Å². The van der Waals surface area contributed by atoms with Gasteiger partial charge >= 0.3 is 0 Å². The Bertz CT molecular complexity index is 292. The lowest BCUT2D eigenvalue weighted by atomic mass is 9.97. The molecule has 1 aromatic rings. The minimum absolute atomic E-state index is 0.318. The largest absolute Gasteiger partial charge is 0.290 e. The Hall–Kier alpha value is -0.700. The first kappa shape index (κ1) is 6.98. The molecule has 0 fully saturated rings.